The Morgan fingerprint density at radius 1 is 1.32 bits per heavy atom. The number of aryl methyl sites for hydroxylation is 2. The lowest BCUT2D eigenvalue weighted by Crippen LogP contribution is -2.32. The van der Waals surface area contributed by atoms with E-state index in [4.69, 9.17) is 9.84 Å². The molecule has 1 aromatic carbocycles. The van der Waals surface area contributed by atoms with Crippen molar-refractivity contribution in [3.8, 4) is 0 Å². The number of carboxylic acid groups (broad SMARTS) is 1. The van der Waals surface area contributed by atoms with E-state index >= 15 is 0 Å². The van der Waals surface area contributed by atoms with E-state index < -0.39 is 5.97 Å². The zero-order valence-corrected chi connectivity index (χ0v) is 11.0. The zero-order chi connectivity index (χ0) is 14.3. The highest BCUT2D eigenvalue weighted by Gasteiger charge is 2.04. The second-order valence-electron chi connectivity index (χ2n) is 4.15. The maximum Gasteiger partial charge on any atom is 0.329 e. The smallest absolute Gasteiger partial charge is 0.329 e. The lowest BCUT2D eigenvalue weighted by atomic mass is 10.1. The van der Waals surface area contributed by atoms with E-state index in [1.807, 2.05) is 32.0 Å². The number of carbonyl (C=O) groups excluding carboxylic acids is 1. The average Bonchev–Trinajstić information content (AvgIpc) is 2.33. The standard InChI is InChI=1S/C13H18N2O4/c1-9-3-4-10(2)11(7-9)15-13(18)14-5-6-19-8-12(16)17/h3-4,7H,5-6,8H2,1-2H3,(H,16,17)(H2,14,15,18). The minimum Gasteiger partial charge on any atom is -0.480 e. The number of urea groups is 1. The van der Waals surface area contributed by atoms with Crippen LogP contribution in [0.4, 0.5) is 10.5 Å². The fourth-order valence-electron chi connectivity index (χ4n) is 1.43. The van der Waals surface area contributed by atoms with Crippen molar-refractivity contribution in [2.24, 2.45) is 0 Å². The number of nitrogens with one attached hydrogen (secondary N) is 2. The number of aliphatic carboxylic acids is 1. The second-order valence-corrected chi connectivity index (χ2v) is 4.15. The van der Waals surface area contributed by atoms with Crippen LogP contribution in [0.2, 0.25) is 0 Å². The first-order valence-electron chi connectivity index (χ1n) is 5.90. The number of ether oxygens (including phenoxy) is 1. The molecule has 104 valence electrons. The predicted molar refractivity (Wildman–Crippen MR) is 71.4 cm³/mol. The van der Waals surface area contributed by atoms with Crippen molar-refractivity contribution in [1.29, 1.82) is 0 Å². The van der Waals surface area contributed by atoms with E-state index in [1.165, 1.54) is 0 Å². The van der Waals surface area contributed by atoms with Crippen LogP contribution in [0.5, 0.6) is 0 Å². The maximum absolute atomic E-state index is 11.6. The Bertz CT molecular complexity index is 460. The van der Waals surface area contributed by atoms with Crippen LogP contribution in [0, 0.1) is 13.8 Å². The van der Waals surface area contributed by atoms with Crippen LogP contribution in [0.15, 0.2) is 18.2 Å². The third kappa shape index (κ3) is 5.87. The van der Waals surface area contributed by atoms with Crippen LogP contribution in [-0.4, -0.2) is 36.9 Å². The molecule has 0 bridgehead atoms. The van der Waals surface area contributed by atoms with Gasteiger partial charge < -0.3 is 20.5 Å². The summed E-state index contributed by atoms with van der Waals surface area (Å²) in [5.41, 5.74) is 2.79. The van der Waals surface area contributed by atoms with E-state index in [0.717, 1.165) is 16.8 Å². The normalized spacial score (nSPS) is 10.0. The first kappa shape index (κ1) is 15.0. The molecular weight excluding hydrogens is 248 g/mol. The lowest BCUT2D eigenvalue weighted by molar-refractivity contribution is -0.142. The molecule has 0 atom stereocenters. The molecule has 19 heavy (non-hydrogen) atoms. The van der Waals surface area contributed by atoms with Gasteiger partial charge in [-0.1, -0.05) is 12.1 Å². The van der Waals surface area contributed by atoms with Crippen LogP contribution >= 0.6 is 0 Å². The molecule has 6 heteroatoms. The summed E-state index contributed by atoms with van der Waals surface area (Å²) < 4.78 is 4.80. The number of benzene rings is 1. The number of hydrogen-bond acceptors (Lipinski definition) is 3. The summed E-state index contributed by atoms with van der Waals surface area (Å²) in [4.78, 5) is 21.8. The first-order valence-corrected chi connectivity index (χ1v) is 5.90. The molecule has 0 aromatic heterocycles. The van der Waals surface area contributed by atoms with Crippen LogP contribution in [0.3, 0.4) is 0 Å². The summed E-state index contributed by atoms with van der Waals surface area (Å²) >= 11 is 0. The molecule has 2 amide bonds. The van der Waals surface area contributed by atoms with Gasteiger partial charge in [0, 0.05) is 12.2 Å². The Labute approximate surface area is 111 Å². The van der Waals surface area contributed by atoms with Gasteiger partial charge in [0.2, 0.25) is 0 Å². The molecule has 0 aliphatic heterocycles. The Balaban J connectivity index is 2.31. The number of hydrogen-bond donors (Lipinski definition) is 3. The Morgan fingerprint density at radius 3 is 2.74 bits per heavy atom. The summed E-state index contributed by atoms with van der Waals surface area (Å²) in [5.74, 6) is -1.03. The number of amides is 2. The highest BCUT2D eigenvalue weighted by molar-refractivity contribution is 5.90. The summed E-state index contributed by atoms with van der Waals surface area (Å²) in [5, 5.41) is 13.7. The molecule has 0 heterocycles. The Morgan fingerprint density at radius 2 is 2.05 bits per heavy atom. The number of rotatable bonds is 6. The van der Waals surface area contributed by atoms with Gasteiger partial charge in [-0.2, -0.15) is 0 Å². The molecule has 1 rings (SSSR count). The summed E-state index contributed by atoms with van der Waals surface area (Å²) in [6.07, 6.45) is 0. The van der Waals surface area contributed by atoms with Crippen molar-refractivity contribution < 1.29 is 19.4 Å². The number of carbonyl (C=O) groups is 2. The molecule has 6 nitrogen and oxygen atoms in total. The van der Waals surface area contributed by atoms with E-state index in [2.05, 4.69) is 10.6 Å². The van der Waals surface area contributed by atoms with Gasteiger partial charge in [-0.3, -0.25) is 0 Å². The van der Waals surface area contributed by atoms with Crippen LogP contribution < -0.4 is 10.6 Å². The third-order valence-corrected chi connectivity index (χ3v) is 2.40. The van der Waals surface area contributed by atoms with E-state index in [1.54, 1.807) is 0 Å². The van der Waals surface area contributed by atoms with E-state index in [9.17, 15) is 9.59 Å². The summed E-state index contributed by atoms with van der Waals surface area (Å²) in [6.45, 7) is 3.91. The van der Waals surface area contributed by atoms with Gasteiger partial charge in [0.1, 0.15) is 6.61 Å². The van der Waals surface area contributed by atoms with Crippen LogP contribution in [0.1, 0.15) is 11.1 Å². The van der Waals surface area contributed by atoms with Gasteiger partial charge in [-0.25, -0.2) is 9.59 Å². The molecule has 0 radical (unpaired) electrons. The van der Waals surface area contributed by atoms with Crippen LogP contribution in [0.25, 0.3) is 0 Å². The van der Waals surface area contributed by atoms with Gasteiger partial charge in [-0.05, 0) is 31.0 Å². The molecule has 0 saturated heterocycles. The minimum atomic E-state index is -1.03. The molecule has 0 saturated carbocycles. The quantitative estimate of drug-likeness (QED) is 0.681. The van der Waals surface area contributed by atoms with Gasteiger partial charge in [0.15, 0.2) is 0 Å². The number of carboxylic acids is 1. The zero-order valence-electron chi connectivity index (χ0n) is 11.0. The molecule has 1 aromatic rings. The predicted octanol–water partition coefficient (Wildman–Crippen LogP) is 1.53. The minimum absolute atomic E-state index is 0.159. The molecular formula is C13H18N2O4. The summed E-state index contributed by atoms with van der Waals surface area (Å²) in [7, 11) is 0. The SMILES string of the molecule is Cc1ccc(C)c(NC(=O)NCCOCC(=O)O)c1. The Kier molecular flexibility index (Phi) is 5.81. The topological polar surface area (TPSA) is 87.7 Å². The monoisotopic (exact) mass is 266 g/mol. The van der Waals surface area contributed by atoms with Crippen molar-refractivity contribution in [2.75, 3.05) is 25.1 Å². The lowest BCUT2D eigenvalue weighted by Gasteiger charge is -2.10. The molecule has 0 aliphatic carbocycles. The largest absolute Gasteiger partial charge is 0.480 e. The highest BCUT2D eigenvalue weighted by atomic mass is 16.5. The van der Waals surface area contributed by atoms with Gasteiger partial charge in [0.25, 0.3) is 0 Å². The second kappa shape index (κ2) is 7.38. The van der Waals surface area contributed by atoms with Crippen molar-refractivity contribution in [3.63, 3.8) is 0 Å². The average molecular weight is 266 g/mol. The van der Waals surface area contributed by atoms with Crippen molar-refractivity contribution in [1.82, 2.24) is 5.32 Å². The molecule has 0 unspecified atom stereocenters. The van der Waals surface area contributed by atoms with Gasteiger partial charge >= 0.3 is 12.0 Å². The van der Waals surface area contributed by atoms with Crippen molar-refractivity contribution >= 4 is 17.7 Å². The molecule has 3 N–H and O–H groups in total. The highest BCUT2D eigenvalue weighted by Crippen LogP contribution is 2.15. The third-order valence-electron chi connectivity index (χ3n) is 2.40. The van der Waals surface area contributed by atoms with Gasteiger partial charge in [-0.15, -0.1) is 0 Å². The fraction of sp³-hybridized carbons (Fsp3) is 0.385. The number of anilines is 1. The van der Waals surface area contributed by atoms with Crippen molar-refractivity contribution in [2.45, 2.75) is 13.8 Å². The molecule has 0 fully saturated rings. The molecule has 0 spiro atoms. The van der Waals surface area contributed by atoms with Crippen LogP contribution in [-0.2, 0) is 9.53 Å². The van der Waals surface area contributed by atoms with Crippen molar-refractivity contribution in [3.05, 3.63) is 29.3 Å². The summed E-state index contributed by atoms with van der Waals surface area (Å²) in [6, 6.07) is 5.45. The van der Waals surface area contributed by atoms with Gasteiger partial charge in [0.05, 0.1) is 6.61 Å². The van der Waals surface area contributed by atoms with E-state index in [-0.39, 0.29) is 25.8 Å². The van der Waals surface area contributed by atoms with E-state index in [0.29, 0.717) is 0 Å². The first-order chi connectivity index (χ1) is 8.99. The molecule has 0 aliphatic rings. The fourth-order valence-corrected chi connectivity index (χ4v) is 1.43. The Hall–Kier alpha value is -2.08. The maximum atomic E-state index is 11.6.